The SMILES string of the molecule is Cc1nnc2n1C[C@@H](N[C@@H](C)C(=O)Nc1ccc(Cl)cn1)CC2. The summed E-state index contributed by atoms with van der Waals surface area (Å²) >= 11 is 5.78. The topological polar surface area (TPSA) is 84.7 Å². The third kappa shape index (κ3) is 3.68. The van der Waals surface area contributed by atoms with E-state index in [2.05, 4.69) is 30.4 Å². The number of fused-ring (bicyclic) bond motifs is 1. The van der Waals surface area contributed by atoms with Gasteiger partial charge in [-0.3, -0.25) is 4.79 Å². The predicted molar refractivity (Wildman–Crippen MR) is 87.3 cm³/mol. The lowest BCUT2D eigenvalue weighted by atomic mass is 10.1. The van der Waals surface area contributed by atoms with Gasteiger partial charge in [0.05, 0.1) is 11.1 Å². The van der Waals surface area contributed by atoms with Crippen LogP contribution in [0, 0.1) is 6.92 Å². The molecule has 0 saturated heterocycles. The highest BCUT2D eigenvalue weighted by atomic mass is 35.5. The van der Waals surface area contributed by atoms with Crippen LogP contribution in [0.1, 0.15) is 25.0 Å². The number of carbonyl (C=O) groups excluding carboxylic acids is 1. The number of nitrogens with one attached hydrogen (secondary N) is 2. The van der Waals surface area contributed by atoms with Gasteiger partial charge in [0.25, 0.3) is 0 Å². The summed E-state index contributed by atoms with van der Waals surface area (Å²) in [5.74, 6) is 2.30. The first-order valence-corrected chi connectivity index (χ1v) is 7.98. The van der Waals surface area contributed by atoms with Gasteiger partial charge in [0.15, 0.2) is 0 Å². The number of hydrogen-bond donors (Lipinski definition) is 2. The molecule has 1 aliphatic heterocycles. The zero-order valence-corrected chi connectivity index (χ0v) is 13.8. The highest BCUT2D eigenvalue weighted by molar-refractivity contribution is 6.30. The lowest BCUT2D eigenvalue weighted by Gasteiger charge is -2.27. The van der Waals surface area contributed by atoms with Gasteiger partial charge in [-0.05, 0) is 32.4 Å². The number of hydrogen-bond acceptors (Lipinski definition) is 5. The van der Waals surface area contributed by atoms with E-state index in [-0.39, 0.29) is 18.0 Å². The van der Waals surface area contributed by atoms with E-state index >= 15 is 0 Å². The smallest absolute Gasteiger partial charge is 0.242 e. The van der Waals surface area contributed by atoms with Crippen molar-refractivity contribution in [2.24, 2.45) is 0 Å². The maximum absolute atomic E-state index is 12.3. The normalized spacial score (nSPS) is 18.3. The molecule has 2 atom stereocenters. The average molecular weight is 335 g/mol. The molecule has 0 unspecified atom stereocenters. The molecule has 1 aliphatic rings. The Morgan fingerprint density at radius 2 is 2.26 bits per heavy atom. The standard InChI is InChI=1S/C15H19ClN6O/c1-9(15(23)19-13-5-3-11(16)7-17-13)18-12-4-6-14-21-20-10(2)22(14)8-12/h3,5,7,9,12,18H,4,6,8H2,1-2H3,(H,17,19,23)/t9-,12-/m0/s1. The molecule has 2 aromatic heterocycles. The average Bonchev–Trinajstić information content (AvgIpc) is 2.90. The Hall–Kier alpha value is -1.99. The van der Waals surface area contributed by atoms with Gasteiger partial charge in [-0.2, -0.15) is 0 Å². The molecule has 0 fully saturated rings. The molecule has 23 heavy (non-hydrogen) atoms. The summed E-state index contributed by atoms with van der Waals surface area (Å²) < 4.78 is 2.10. The Bertz CT molecular complexity index is 698. The van der Waals surface area contributed by atoms with Gasteiger partial charge in [0.2, 0.25) is 5.91 Å². The Kier molecular flexibility index (Phi) is 4.58. The van der Waals surface area contributed by atoms with Crippen LogP contribution >= 0.6 is 11.6 Å². The first kappa shape index (κ1) is 15.9. The maximum atomic E-state index is 12.3. The molecule has 2 aromatic rings. The van der Waals surface area contributed by atoms with E-state index in [1.54, 1.807) is 12.1 Å². The monoisotopic (exact) mass is 334 g/mol. The zero-order valence-electron chi connectivity index (χ0n) is 13.1. The third-order valence-corrected chi connectivity index (χ3v) is 4.21. The van der Waals surface area contributed by atoms with Crippen molar-refractivity contribution in [1.82, 2.24) is 25.1 Å². The largest absolute Gasteiger partial charge is 0.314 e. The van der Waals surface area contributed by atoms with E-state index in [0.29, 0.717) is 10.8 Å². The third-order valence-electron chi connectivity index (χ3n) is 3.99. The maximum Gasteiger partial charge on any atom is 0.242 e. The van der Waals surface area contributed by atoms with Crippen LogP contribution in [-0.4, -0.2) is 37.7 Å². The van der Waals surface area contributed by atoms with Gasteiger partial charge in [-0.25, -0.2) is 4.98 Å². The Morgan fingerprint density at radius 3 is 3.00 bits per heavy atom. The number of halogens is 1. The van der Waals surface area contributed by atoms with Crippen LogP contribution in [0.15, 0.2) is 18.3 Å². The first-order chi connectivity index (χ1) is 11.0. The molecule has 0 radical (unpaired) electrons. The summed E-state index contributed by atoms with van der Waals surface area (Å²) in [6.07, 6.45) is 3.31. The molecular weight excluding hydrogens is 316 g/mol. The Balaban J connectivity index is 1.56. The number of pyridine rings is 1. The molecule has 0 aliphatic carbocycles. The summed E-state index contributed by atoms with van der Waals surface area (Å²) in [5, 5.41) is 14.9. The van der Waals surface area contributed by atoms with Crippen molar-refractivity contribution < 1.29 is 4.79 Å². The van der Waals surface area contributed by atoms with Gasteiger partial charge in [-0.15, -0.1) is 10.2 Å². The van der Waals surface area contributed by atoms with Crippen LogP contribution < -0.4 is 10.6 Å². The number of rotatable bonds is 4. The molecule has 7 nitrogen and oxygen atoms in total. The first-order valence-electron chi connectivity index (χ1n) is 7.60. The van der Waals surface area contributed by atoms with Crippen molar-refractivity contribution >= 4 is 23.3 Å². The molecule has 0 aromatic carbocycles. The number of amides is 1. The van der Waals surface area contributed by atoms with E-state index in [9.17, 15) is 4.79 Å². The molecule has 8 heteroatoms. The fourth-order valence-corrected chi connectivity index (χ4v) is 2.82. The van der Waals surface area contributed by atoms with Gasteiger partial charge >= 0.3 is 0 Å². The summed E-state index contributed by atoms with van der Waals surface area (Å²) in [4.78, 5) is 16.3. The van der Waals surface area contributed by atoms with Crippen LogP contribution in [0.25, 0.3) is 0 Å². The van der Waals surface area contributed by atoms with Crippen molar-refractivity contribution in [1.29, 1.82) is 0 Å². The second-order valence-corrected chi connectivity index (χ2v) is 6.19. The summed E-state index contributed by atoms with van der Waals surface area (Å²) in [6, 6.07) is 3.27. The van der Waals surface area contributed by atoms with Crippen LogP contribution in [0.3, 0.4) is 0 Å². The van der Waals surface area contributed by atoms with Crippen molar-refractivity contribution in [2.45, 2.75) is 45.3 Å². The van der Waals surface area contributed by atoms with Crippen LogP contribution in [0.5, 0.6) is 0 Å². The molecule has 1 amide bonds. The second kappa shape index (κ2) is 6.64. The number of carbonyl (C=O) groups is 1. The van der Waals surface area contributed by atoms with E-state index in [1.165, 1.54) is 6.20 Å². The molecule has 0 spiro atoms. The van der Waals surface area contributed by atoms with Crippen molar-refractivity contribution in [3.8, 4) is 0 Å². The lowest BCUT2D eigenvalue weighted by Crippen LogP contribution is -2.47. The molecule has 3 rings (SSSR count). The van der Waals surface area contributed by atoms with E-state index in [1.807, 2.05) is 13.8 Å². The summed E-state index contributed by atoms with van der Waals surface area (Å²) in [6.45, 7) is 4.58. The van der Waals surface area contributed by atoms with Crippen molar-refractivity contribution in [2.75, 3.05) is 5.32 Å². The molecule has 122 valence electrons. The van der Waals surface area contributed by atoms with E-state index < -0.39 is 0 Å². The molecule has 3 heterocycles. The van der Waals surface area contributed by atoms with Crippen LogP contribution in [-0.2, 0) is 17.8 Å². The van der Waals surface area contributed by atoms with Crippen molar-refractivity contribution in [3.05, 3.63) is 35.0 Å². The molecule has 0 saturated carbocycles. The predicted octanol–water partition coefficient (Wildman–Crippen LogP) is 1.57. The Morgan fingerprint density at radius 1 is 1.43 bits per heavy atom. The fraction of sp³-hybridized carbons (Fsp3) is 0.467. The van der Waals surface area contributed by atoms with Crippen LogP contribution in [0.2, 0.25) is 5.02 Å². The minimum Gasteiger partial charge on any atom is -0.314 e. The second-order valence-electron chi connectivity index (χ2n) is 5.75. The molecule has 0 bridgehead atoms. The Labute approximate surface area is 139 Å². The molecule has 2 N–H and O–H groups in total. The fourth-order valence-electron chi connectivity index (χ4n) is 2.71. The van der Waals surface area contributed by atoms with E-state index in [4.69, 9.17) is 11.6 Å². The minimum absolute atomic E-state index is 0.119. The number of anilines is 1. The highest BCUT2D eigenvalue weighted by Crippen LogP contribution is 2.15. The van der Waals surface area contributed by atoms with Gasteiger partial charge in [0.1, 0.15) is 17.5 Å². The summed E-state index contributed by atoms with van der Waals surface area (Å²) in [7, 11) is 0. The van der Waals surface area contributed by atoms with E-state index in [0.717, 1.165) is 31.0 Å². The van der Waals surface area contributed by atoms with Gasteiger partial charge in [-0.1, -0.05) is 11.6 Å². The summed E-state index contributed by atoms with van der Waals surface area (Å²) in [5.41, 5.74) is 0. The number of aromatic nitrogens is 4. The number of nitrogens with zero attached hydrogens (tertiary/aromatic N) is 4. The van der Waals surface area contributed by atoms with Gasteiger partial charge in [0, 0.05) is 25.2 Å². The lowest BCUT2D eigenvalue weighted by molar-refractivity contribution is -0.118. The zero-order chi connectivity index (χ0) is 16.4. The van der Waals surface area contributed by atoms with Crippen LogP contribution in [0.4, 0.5) is 5.82 Å². The highest BCUT2D eigenvalue weighted by Gasteiger charge is 2.24. The van der Waals surface area contributed by atoms with Gasteiger partial charge < -0.3 is 15.2 Å². The molecular formula is C15H19ClN6O. The quantitative estimate of drug-likeness (QED) is 0.886. The minimum atomic E-state index is -0.323. The van der Waals surface area contributed by atoms with Crippen molar-refractivity contribution in [3.63, 3.8) is 0 Å². The number of aryl methyl sites for hydroxylation is 2.